The van der Waals surface area contributed by atoms with E-state index in [-0.39, 0.29) is 12.5 Å². The van der Waals surface area contributed by atoms with E-state index in [1.165, 1.54) is 6.20 Å². The third kappa shape index (κ3) is 3.14. The molecule has 1 atom stereocenters. The molecule has 1 aliphatic rings. The van der Waals surface area contributed by atoms with Gasteiger partial charge >= 0.3 is 5.97 Å². The maximum atomic E-state index is 12.7. The molecule has 2 aromatic rings. The van der Waals surface area contributed by atoms with Gasteiger partial charge in [-0.3, -0.25) is 9.59 Å². The average molecular weight is 348 g/mol. The molecule has 0 aliphatic carbocycles. The van der Waals surface area contributed by atoms with Crippen molar-refractivity contribution in [1.29, 1.82) is 0 Å². The molecule has 6 nitrogen and oxygen atoms in total. The summed E-state index contributed by atoms with van der Waals surface area (Å²) in [4.78, 5) is 25.5. The number of amides is 1. The quantitative estimate of drug-likeness (QED) is 0.926. The van der Waals surface area contributed by atoms with E-state index in [0.717, 1.165) is 11.4 Å². The van der Waals surface area contributed by atoms with Crippen molar-refractivity contribution in [3.8, 4) is 5.69 Å². The summed E-state index contributed by atoms with van der Waals surface area (Å²) in [6.07, 6.45) is 2.85. The van der Waals surface area contributed by atoms with E-state index in [1.54, 1.807) is 21.7 Å². The average Bonchev–Trinajstić information content (AvgIpc) is 2.96. The van der Waals surface area contributed by atoms with Crippen LogP contribution in [0.1, 0.15) is 28.9 Å². The van der Waals surface area contributed by atoms with Gasteiger partial charge in [-0.2, -0.15) is 5.10 Å². The van der Waals surface area contributed by atoms with Gasteiger partial charge in [-0.25, -0.2) is 4.68 Å². The van der Waals surface area contributed by atoms with E-state index in [9.17, 15) is 14.7 Å². The Labute approximate surface area is 144 Å². The Kier molecular flexibility index (Phi) is 4.57. The highest BCUT2D eigenvalue weighted by molar-refractivity contribution is 6.30. The Hall–Kier alpha value is -2.34. The predicted molar refractivity (Wildman–Crippen MR) is 89.6 cm³/mol. The lowest BCUT2D eigenvalue weighted by molar-refractivity contribution is -0.143. The number of halogens is 1. The summed E-state index contributed by atoms with van der Waals surface area (Å²) < 4.78 is 1.68. The van der Waals surface area contributed by atoms with Crippen LogP contribution in [0.15, 0.2) is 30.5 Å². The second-order valence-corrected chi connectivity index (χ2v) is 6.40. The molecule has 0 bridgehead atoms. The summed E-state index contributed by atoms with van der Waals surface area (Å²) in [5.74, 6) is -1.51. The molecule has 0 saturated carbocycles. The SMILES string of the molecule is Cc1c(C(=O)N2CCCC(C(=O)O)C2)cnn1-c1ccc(Cl)cc1. The zero-order valence-electron chi connectivity index (χ0n) is 13.3. The van der Waals surface area contributed by atoms with Crippen molar-refractivity contribution < 1.29 is 14.7 Å². The van der Waals surface area contributed by atoms with Crippen molar-refractivity contribution in [3.63, 3.8) is 0 Å². The minimum absolute atomic E-state index is 0.168. The second kappa shape index (κ2) is 6.65. The molecule has 0 radical (unpaired) electrons. The standard InChI is InChI=1S/C17H18ClN3O3/c1-11-15(9-19-21(11)14-6-4-13(18)5-7-14)16(22)20-8-2-3-12(10-20)17(23)24/h4-7,9,12H,2-3,8,10H2,1H3,(H,23,24). The Morgan fingerprint density at radius 2 is 2.00 bits per heavy atom. The van der Waals surface area contributed by atoms with Crippen LogP contribution in [0.4, 0.5) is 0 Å². The van der Waals surface area contributed by atoms with Crippen molar-refractivity contribution in [3.05, 3.63) is 46.7 Å². The van der Waals surface area contributed by atoms with Gasteiger partial charge in [0.1, 0.15) is 0 Å². The minimum atomic E-state index is -0.846. The number of carbonyl (C=O) groups excluding carboxylic acids is 1. The van der Waals surface area contributed by atoms with Crippen LogP contribution in [-0.4, -0.2) is 44.8 Å². The van der Waals surface area contributed by atoms with E-state index < -0.39 is 11.9 Å². The molecule has 126 valence electrons. The molecule has 1 unspecified atom stereocenters. The van der Waals surface area contributed by atoms with Gasteiger partial charge in [0, 0.05) is 18.1 Å². The number of hydrogen-bond acceptors (Lipinski definition) is 3. The smallest absolute Gasteiger partial charge is 0.308 e. The van der Waals surface area contributed by atoms with Crippen molar-refractivity contribution in [2.24, 2.45) is 5.92 Å². The van der Waals surface area contributed by atoms with E-state index in [0.29, 0.717) is 30.0 Å². The van der Waals surface area contributed by atoms with Crippen LogP contribution in [0.25, 0.3) is 5.69 Å². The number of hydrogen-bond donors (Lipinski definition) is 1. The first kappa shape index (κ1) is 16.5. The Morgan fingerprint density at radius 1 is 1.29 bits per heavy atom. The fourth-order valence-corrected chi connectivity index (χ4v) is 3.12. The Bertz CT molecular complexity index is 770. The number of carboxylic acids is 1. The molecule has 1 saturated heterocycles. The molecule has 1 aromatic carbocycles. The molecule has 1 amide bonds. The van der Waals surface area contributed by atoms with E-state index in [1.807, 2.05) is 19.1 Å². The van der Waals surface area contributed by atoms with Crippen LogP contribution in [0, 0.1) is 12.8 Å². The van der Waals surface area contributed by atoms with E-state index >= 15 is 0 Å². The summed E-state index contributed by atoms with van der Waals surface area (Å²) >= 11 is 5.90. The largest absolute Gasteiger partial charge is 0.481 e. The molecule has 7 heteroatoms. The number of carboxylic acid groups (broad SMARTS) is 1. The van der Waals surface area contributed by atoms with Gasteiger partial charge in [-0.05, 0) is 44.0 Å². The second-order valence-electron chi connectivity index (χ2n) is 5.96. The van der Waals surface area contributed by atoms with Crippen molar-refractivity contribution >= 4 is 23.5 Å². The zero-order chi connectivity index (χ0) is 17.3. The van der Waals surface area contributed by atoms with Gasteiger partial charge in [0.25, 0.3) is 5.91 Å². The summed E-state index contributed by atoms with van der Waals surface area (Å²) in [5.41, 5.74) is 2.04. The lowest BCUT2D eigenvalue weighted by Gasteiger charge is -2.30. The highest BCUT2D eigenvalue weighted by Gasteiger charge is 2.30. The number of benzene rings is 1. The monoisotopic (exact) mass is 347 g/mol. The van der Waals surface area contributed by atoms with Crippen LogP contribution in [0.2, 0.25) is 5.02 Å². The topological polar surface area (TPSA) is 75.4 Å². The Morgan fingerprint density at radius 3 is 2.67 bits per heavy atom. The molecule has 1 fully saturated rings. The number of aliphatic carboxylic acids is 1. The van der Waals surface area contributed by atoms with Crippen molar-refractivity contribution in [1.82, 2.24) is 14.7 Å². The normalized spacial score (nSPS) is 17.8. The molecule has 2 heterocycles. The van der Waals surface area contributed by atoms with Crippen molar-refractivity contribution in [2.75, 3.05) is 13.1 Å². The van der Waals surface area contributed by atoms with Crippen LogP contribution in [0.5, 0.6) is 0 Å². The lowest BCUT2D eigenvalue weighted by Crippen LogP contribution is -2.42. The maximum Gasteiger partial charge on any atom is 0.308 e. The van der Waals surface area contributed by atoms with E-state index in [2.05, 4.69) is 5.10 Å². The lowest BCUT2D eigenvalue weighted by atomic mass is 9.98. The number of piperidine rings is 1. The van der Waals surface area contributed by atoms with Gasteiger partial charge in [0.15, 0.2) is 0 Å². The molecule has 1 N–H and O–H groups in total. The highest BCUT2D eigenvalue weighted by atomic mass is 35.5. The van der Waals surface area contributed by atoms with Gasteiger partial charge in [-0.15, -0.1) is 0 Å². The zero-order valence-corrected chi connectivity index (χ0v) is 14.0. The first-order valence-electron chi connectivity index (χ1n) is 7.80. The fourth-order valence-electron chi connectivity index (χ4n) is 3.00. The predicted octanol–water partition coefficient (Wildman–Crippen LogP) is 2.77. The minimum Gasteiger partial charge on any atom is -0.481 e. The molecule has 1 aliphatic heterocycles. The summed E-state index contributed by atoms with van der Waals surface area (Å²) in [6, 6.07) is 7.19. The first-order chi connectivity index (χ1) is 11.5. The van der Waals surface area contributed by atoms with Gasteiger partial charge < -0.3 is 10.0 Å². The van der Waals surface area contributed by atoms with Crippen LogP contribution in [0.3, 0.4) is 0 Å². The number of carbonyl (C=O) groups is 2. The van der Waals surface area contributed by atoms with Gasteiger partial charge in [-0.1, -0.05) is 11.6 Å². The number of nitrogens with zero attached hydrogens (tertiary/aromatic N) is 3. The summed E-state index contributed by atoms with van der Waals surface area (Å²) in [5, 5.41) is 14.1. The van der Waals surface area contributed by atoms with Crippen LogP contribution in [-0.2, 0) is 4.79 Å². The van der Waals surface area contributed by atoms with Gasteiger partial charge in [0.05, 0.1) is 29.1 Å². The molecular weight excluding hydrogens is 330 g/mol. The third-order valence-corrected chi connectivity index (χ3v) is 4.62. The third-order valence-electron chi connectivity index (χ3n) is 4.37. The van der Waals surface area contributed by atoms with Crippen LogP contribution < -0.4 is 0 Å². The first-order valence-corrected chi connectivity index (χ1v) is 8.18. The maximum absolute atomic E-state index is 12.7. The summed E-state index contributed by atoms with van der Waals surface area (Å²) in [6.45, 7) is 2.65. The van der Waals surface area contributed by atoms with Crippen LogP contribution >= 0.6 is 11.6 Å². The van der Waals surface area contributed by atoms with Crippen molar-refractivity contribution in [2.45, 2.75) is 19.8 Å². The number of likely N-dealkylation sites (tertiary alicyclic amines) is 1. The Balaban J connectivity index is 1.83. The molecule has 3 rings (SSSR count). The summed E-state index contributed by atoms with van der Waals surface area (Å²) in [7, 11) is 0. The number of aromatic nitrogens is 2. The number of rotatable bonds is 3. The molecule has 24 heavy (non-hydrogen) atoms. The van der Waals surface area contributed by atoms with Gasteiger partial charge in [0.2, 0.25) is 0 Å². The molecule has 1 aromatic heterocycles. The molecular formula is C17H18ClN3O3. The fraction of sp³-hybridized carbons (Fsp3) is 0.353. The highest BCUT2D eigenvalue weighted by Crippen LogP contribution is 2.22. The van der Waals surface area contributed by atoms with E-state index in [4.69, 9.17) is 11.6 Å². The molecule has 0 spiro atoms.